The standard InChI is InChI=1S/C25H24ClN5O3S/c1-25(2,3)24(34)31-22(28-13-18-5-6-21(26)35-18)12-19(29-31)17-4-7-23(33)30(14-17)15-20(32)16-8-10-27-11-9-16/h4-12,14,28H,13,15H2,1-3H3. The van der Waals surface area contributed by atoms with E-state index in [2.05, 4.69) is 15.4 Å². The zero-order chi connectivity index (χ0) is 25.2. The van der Waals surface area contributed by atoms with Crippen LogP contribution in [0.4, 0.5) is 5.82 Å². The van der Waals surface area contributed by atoms with Crippen LogP contribution in [0.2, 0.25) is 4.34 Å². The minimum absolute atomic E-state index is 0.122. The second-order valence-corrected chi connectivity index (χ2v) is 10.8. The summed E-state index contributed by atoms with van der Waals surface area (Å²) in [5.74, 6) is 0.128. The molecule has 0 fully saturated rings. The Labute approximate surface area is 211 Å². The van der Waals surface area contributed by atoms with Gasteiger partial charge in [0.05, 0.1) is 23.1 Å². The summed E-state index contributed by atoms with van der Waals surface area (Å²) in [4.78, 5) is 43.1. The van der Waals surface area contributed by atoms with Gasteiger partial charge in [-0.25, -0.2) is 0 Å². The first-order valence-corrected chi connectivity index (χ1v) is 12.1. The van der Waals surface area contributed by atoms with E-state index in [0.717, 1.165) is 4.88 Å². The van der Waals surface area contributed by atoms with Crippen LogP contribution in [0.1, 0.15) is 40.8 Å². The first-order chi connectivity index (χ1) is 16.6. The molecular weight excluding hydrogens is 486 g/mol. The molecule has 0 aliphatic heterocycles. The maximum Gasteiger partial charge on any atom is 0.254 e. The molecule has 0 aromatic carbocycles. The van der Waals surface area contributed by atoms with Gasteiger partial charge in [-0.15, -0.1) is 11.3 Å². The van der Waals surface area contributed by atoms with Crippen LogP contribution < -0.4 is 10.9 Å². The Kier molecular flexibility index (Phi) is 7.00. The third-order valence-corrected chi connectivity index (χ3v) is 6.44. The predicted octanol–water partition coefficient (Wildman–Crippen LogP) is 5.00. The number of Topliss-reactive ketones (excluding diaryl/α,β-unsaturated/α-hetero) is 1. The SMILES string of the molecule is CC(C)(C)C(=O)n1nc(-c2ccc(=O)n(CC(=O)c3ccncc3)c2)cc1NCc1ccc(Cl)s1. The Morgan fingerprint density at radius 3 is 2.49 bits per heavy atom. The number of nitrogens with one attached hydrogen (secondary N) is 1. The van der Waals surface area contributed by atoms with Crippen molar-refractivity contribution < 1.29 is 9.59 Å². The predicted molar refractivity (Wildman–Crippen MR) is 137 cm³/mol. The van der Waals surface area contributed by atoms with Crippen molar-refractivity contribution in [1.82, 2.24) is 19.3 Å². The lowest BCUT2D eigenvalue weighted by Gasteiger charge is -2.18. The first-order valence-electron chi connectivity index (χ1n) is 10.9. The normalized spacial score (nSPS) is 11.4. The van der Waals surface area contributed by atoms with Crippen molar-refractivity contribution in [3.63, 3.8) is 0 Å². The molecule has 4 aromatic rings. The molecule has 0 bridgehead atoms. The molecule has 0 unspecified atom stereocenters. The van der Waals surface area contributed by atoms with Crippen LogP contribution >= 0.6 is 22.9 Å². The number of anilines is 1. The van der Waals surface area contributed by atoms with Gasteiger partial charge in [-0.2, -0.15) is 9.78 Å². The average Bonchev–Trinajstić information content (AvgIpc) is 3.44. The van der Waals surface area contributed by atoms with E-state index in [9.17, 15) is 14.4 Å². The molecule has 4 heterocycles. The molecule has 0 amide bonds. The molecule has 35 heavy (non-hydrogen) atoms. The number of carbonyl (C=O) groups excluding carboxylic acids is 2. The van der Waals surface area contributed by atoms with Crippen molar-refractivity contribution in [2.24, 2.45) is 5.41 Å². The third kappa shape index (κ3) is 5.75. The fourth-order valence-corrected chi connectivity index (χ4v) is 4.36. The van der Waals surface area contributed by atoms with Gasteiger partial charge in [0.15, 0.2) is 5.78 Å². The molecule has 180 valence electrons. The van der Waals surface area contributed by atoms with E-state index >= 15 is 0 Å². The first kappa shape index (κ1) is 24.6. The number of carbonyl (C=O) groups is 2. The molecule has 0 radical (unpaired) electrons. The molecule has 8 nitrogen and oxygen atoms in total. The number of nitrogens with zero attached hydrogens (tertiary/aromatic N) is 4. The molecule has 0 saturated carbocycles. The topological polar surface area (TPSA) is 98.9 Å². The summed E-state index contributed by atoms with van der Waals surface area (Å²) in [6.45, 7) is 5.82. The third-order valence-electron chi connectivity index (χ3n) is 5.21. The molecule has 0 saturated heterocycles. The molecule has 0 spiro atoms. The van der Waals surface area contributed by atoms with Gasteiger partial charge in [0.2, 0.25) is 0 Å². The molecule has 4 rings (SSSR count). The average molecular weight is 510 g/mol. The quantitative estimate of drug-likeness (QED) is 0.352. The van der Waals surface area contributed by atoms with Crippen LogP contribution in [-0.2, 0) is 13.1 Å². The van der Waals surface area contributed by atoms with Gasteiger partial charge in [0.1, 0.15) is 5.82 Å². The van der Waals surface area contributed by atoms with Gasteiger partial charge >= 0.3 is 0 Å². The van der Waals surface area contributed by atoms with Crippen LogP contribution in [-0.4, -0.2) is 31.0 Å². The van der Waals surface area contributed by atoms with Crippen molar-refractivity contribution in [2.45, 2.75) is 33.9 Å². The van der Waals surface area contributed by atoms with Gasteiger partial charge in [-0.1, -0.05) is 32.4 Å². The van der Waals surface area contributed by atoms with Crippen molar-refractivity contribution >= 4 is 40.4 Å². The van der Waals surface area contributed by atoms with E-state index in [-0.39, 0.29) is 23.8 Å². The second-order valence-electron chi connectivity index (χ2n) is 8.98. The fourth-order valence-electron chi connectivity index (χ4n) is 3.34. The number of halogens is 1. The van der Waals surface area contributed by atoms with E-state index < -0.39 is 5.41 Å². The Hall–Kier alpha value is -3.56. The van der Waals surface area contributed by atoms with Crippen molar-refractivity contribution in [1.29, 1.82) is 0 Å². The van der Waals surface area contributed by atoms with E-state index in [1.54, 1.807) is 30.5 Å². The highest BCUT2D eigenvalue weighted by Gasteiger charge is 2.27. The number of rotatable bonds is 7. The number of pyridine rings is 2. The van der Waals surface area contributed by atoms with E-state index in [1.807, 2.05) is 32.9 Å². The highest BCUT2D eigenvalue weighted by molar-refractivity contribution is 7.16. The molecular formula is C25H24ClN5O3S. The number of hydrogen-bond acceptors (Lipinski definition) is 7. The number of ketones is 1. The summed E-state index contributed by atoms with van der Waals surface area (Å²) in [6.07, 6.45) is 4.65. The molecule has 0 aliphatic rings. The lowest BCUT2D eigenvalue weighted by molar-refractivity contribution is 0.0752. The minimum atomic E-state index is -0.665. The summed E-state index contributed by atoms with van der Waals surface area (Å²) in [6, 6.07) is 11.7. The Balaban J connectivity index is 1.66. The highest BCUT2D eigenvalue weighted by atomic mass is 35.5. The molecule has 0 aliphatic carbocycles. The Bertz CT molecular complexity index is 1430. The van der Waals surface area contributed by atoms with Gasteiger partial charge in [0.25, 0.3) is 11.5 Å². The maximum absolute atomic E-state index is 13.1. The summed E-state index contributed by atoms with van der Waals surface area (Å²) in [7, 11) is 0. The van der Waals surface area contributed by atoms with Crippen LogP contribution in [0.25, 0.3) is 11.3 Å². The lowest BCUT2D eigenvalue weighted by Crippen LogP contribution is -2.28. The van der Waals surface area contributed by atoms with Gasteiger partial charge in [0, 0.05) is 52.1 Å². The number of hydrogen-bond donors (Lipinski definition) is 1. The van der Waals surface area contributed by atoms with Crippen LogP contribution in [0.15, 0.2) is 65.8 Å². The van der Waals surface area contributed by atoms with Gasteiger partial charge in [-0.3, -0.25) is 19.4 Å². The zero-order valence-electron chi connectivity index (χ0n) is 19.5. The van der Waals surface area contributed by atoms with Crippen molar-refractivity contribution in [3.8, 4) is 11.3 Å². The Morgan fingerprint density at radius 2 is 1.83 bits per heavy atom. The second kappa shape index (κ2) is 9.97. The van der Waals surface area contributed by atoms with E-state index in [0.29, 0.717) is 33.5 Å². The van der Waals surface area contributed by atoms with Gasteiger partial charge < -0.3 is 9.88 Å². The summed E-state index contributed by atoms with van der Waals surface area (Å²) in [5.41, 5.74) is 0.600. The summed E-state index contributed by atoms with van der Waals surface area (Å²) in [5, 5.41) is 7.81. The number of aromatic nitrogens is 4. The zero-order valence-corrected chi connectivity index (χ0v) is 21.1. The monoisotopic (exact) mass is 509 g/mol. The van der Waals surface area contributed by atoms with E-state index in [1.165, 1.54) is 39.0 Å². The van der Waals surface area contributed by atoms with Crippen molar-refractivity contribution in [3.05, 3.63) is 86.2 Å². The minimum Gasteiger partial charge on any atom is -0.365 e. The fraction of sp³-hybridized carbons (Fsp3) is 0.240. The molecule has 0 atom stereocenters. The summed E-state index contributed by atoms with van der Waals surface area (Å²) < 4.78 is 3.37. The smallest absolute Gasteiger partial charge is 0.254 e. The van der Waals surface area contributed by atoms with E-state index in [4.69, 9.17) is 11.6 Å². The number of thiophene rings is 1. The highest BCUT2D eigenvalue weighted by Crippen LogP contribution is 2.27. The maximum atomic E-state index is 13.1. The van der Waals surface area contributed by atoms with Crippen LogP contribution in [0, 0.1) is 5.41 Å². The van der Waals surface area contributed by atoms with Gasteiger partial charge in [-0.05, 0) is 30.3 Å². The van der Waals surface area contributed by atoms with Crippen LogP contribution in [0.3, 0.4) is 0 Å². The van der Waals surface area contributed by atoms with Crippen molar-refractivity contribution in [2.75, 3.05) is 5.32 Å². The summed E-state index contributed by atoms with van der Waals surface area (Å²) >= 11 is 7.49. The largest absolute Gasteiger partial charge is 0.365 e. The molecule has 10 heteroatoms. The molecule has 1 N–H and O–H groups in total. The lowest BCUT2D eigenvalue weighted by atomic mass is 9.96. The van der Waals surface area contributed by atoms with Crippen LogP contribution in [0.5, 0.6) is 0 Å². The molecule has 4 aromatic heterocycles. The Morgan fingerprint density at radius 1 is 1.09 bits per heavy atom.